The predicted octanol–water partition coefficient (Wildman–Crippen LogP) is 5.02. The number of hydrogen-bond acceptors (Lipinski definition) is 3. The van der Waals surface area contributed by atoms with Gasteiger partial charge in [0.1, 0.15) is 5.70 Å². The molecule has 0 atom stereocenters. The SMILES string of the molecule is CSc1ccc(/C=C(/NC(=O)c2ccccc2)C(=O)NCCc2c[nH]c3ccccc23)cc1. The highest BCUT2D eigenvalue weighted by Crippen LogP contribution is 2.18. The number of benzene rings is 3. The summed E-state index contributed by atoms with van der Waals surface area (Å²) in [5.74, 6) is -0.651. The van der Waals surface area contributed by atoms with Gasteiger partial charge in [0.25, 0.3) is 11.8 Å². The molecule has 2 amide bonds. The van der Waals surface area contributed by atoms with Crippen molar-refractivity contribution in [2.24, 2.45) is 0 Å². The standard InChI is InChI=1S/C27H25N3O2S/c1-33-22-13-11-19(12-14-22)17-25(30-26(31)20-7-3-2-4-8-20)27(32)28-16-15-21-18-29-24-10-6-5-9-23(21)24/h2-14,17-18,29H,15-16H2,1H3,(H,28,32)(H,30,31)/b25-17+. The van der Waals surface area contributed by atoms with Gasteiger partial charge in [0.05, 0.1) is 0 Å². The molecule has 0 saturated heterocycles. The number of fused-ring (bicyclic) bond motifs is 1. The van der Waals surface area contributed by atoms with Gasteiger partial charge in [-0.05, 0) is 60.2 Å². The number of para-hydroxylation sites is 1. The first-order valence-electron chi connectivity index (χ1n) is 10.7. The fourth-order valence-electron chi connectivity index (χ4n) is 3.55. The van der Waals surface area contributed by atoms with Crippen molar-refractivity contribution in [1.82, 2.24) is 15.6 Å². The lowest BCUT2D eigenvalue weighted by Crippen LogP contribution is -2.35. The molecule has 33 heavy (non-hydrogen) atoms. The van der Waals surface area contributed by atoms with Gasteiger partial charge in [-0.2, -0.15) is 0 Å². The first-order valence-corrected chi connectivity index (χ1v) is 11.9. The maximum atomic E-state index is 13.0. The van der Waals surface area contributed by atoms with Crippen LogP contribution >= 0.6 is 11.8 Å². The highest BCUT2D eigenvalue weighted by atomic mass is 32.2. The van der Waals surface area contributed by atoms with Gasteiger partial charge in [-0.3, -0.25) is 9.59 Å². The summed E-state index contributed by atoms with van der Waals surface area (Å²) in [5, 5.41) is 6.87. The third-order valence-electron chi connectivity index (χ3n) is 5.31. The second kappa shape index (κ2) is 10.7. The van der Waals surface area contributed by atoms with E-state index in [1.807, 2.05) is 61.0 Å². The van der Waals surface area contributed by atoms with Crippen molar-refractivity contribution in [3.63, 3.8) is 0 Å². The van der Waals surface area contributed by atoms with Crippen LogP contribution in [-0.2, 0) is 11.2 Å². The average molecular weight is 456 g/mol. The Morgan fingerprint density at radius 1 is 0.939 bits per heavy atom. The zero-order valence-corrected chi connectivity index (χ0v) is 19.1. The van der Waals surface area contributed by atoms with Crippen LogP contribution < -0.4 is 10.6 Å². The van der Waals surface area contributed by atoms with Crippen LogP contribution in [0.5, 0.6) is 0 Å². The monoisotopic (exact) mass is 455 g/mol. The van der Waals surface area contributed by atoms with Crippen molar-refractivity contribution in [3.05, 3.63) is 107 Å². The molecular formula is C27H25N3O2S. The van der Waals surface area contributed by atoms with Crippen LogP contribution in [0.2, 0.25) is 0 Å². The summed E-state index contributed by atoms with van der Waals surface area (Å²) in [7, 11) is 0. The number of aromatic amines is 1. The summed E-state index contributed by atoms with van der Waals surface area (Å²) in [6.07, 6.45) is 6.36. The molecule has 0 aliphatic heterocycles. The summed E-state index contributed by atoms with van der Waals surface area (Å²) in [6, 6.07) is 24.8. The van der Waals surface area contributed by atoms with E-state index < -0.39 is 0 Å². The molecule has 4 aromatic rings. The molecule has 3 aromatic carbocycles. The number of thioether (sulfide) groups is 1. The lowest BCUT2D eigenvalue weighted by molar-refractivity contribution is -0.117. The Hall–Kier alpha value is -3.77. The molecule has 5 nitrogen and oxygen atoms in total. The van der Waals surface area contributed by atoms with Gasteiger partial charge in [0.2, 0.25) is 0 Å². The Bertz CT molecular complexity index is 1280. The number of nitrogens with one attached hydrogen (secondary N) is 3. The van der Waals surface area contributed by atoms with Crippen LogP contribution in [-0.4, -0.2) is 29.6 Å². The molecular weight excluding hydrogens is 430 g/mol. The number of rotatable bonds is 8. The molecule has 0 saturated carbocycles. The second-order valence-corrected chi connectivity index (χ2v) is 8.40. The minimum absolute atomic E-state index is 0.208. The molecule has 3 N–H and O–H groups in total. The van der Waals surface area contributed by atoms with Crippen molar-refractivity contribution < 1.29 is 9.59 Å². The Labute approximate surface area is 197 Å². The topological polar surface area (TPSA) is 74.0 Å². The van der Waals surface area contributed by atoms with Crippen molar-refractivity contribution >= 4 is 40.6 Å². The van der Waals surface area contributed by atoms with Gasteiger partial charge >= 0.3 is 0 Å². The van der Waals surface area contributed by atoms with Crippen LogP contribution in [0, 0.1) is 0 Å². The molecule has 0 fully saturated rings. The number of aromatic nitrogens is 1. The van der Waals surface area contributed by atoms with Crippen molar-refractivity contribution in [1.29, 1.82) is 0 Å². The lowest BCUT2D eigenvalue weighted by atomic mass is 10.1. The minimum Gasteiger partial charge on any atom is -0.361 e. The lowest BCUT2D eigenvalue weighted by Gasteiger charge is -2.11. The zero-order chi connectivity index (χ0) is 23.0. The molecule has 0 aliphatic rings. The number of amides is 2. The number of H-pyrrole nitrogens is 1. The summed E-state index contributed by atoms with van der Waals surface area (Å²) < 4.78 is 0. The second-order valence-electron chi connectivity index (χ2n) is 7.52. The van der Waals surface area contributed by atoms with Gasteiger partial charge in [-0.15, -0.1) is 11.8 Å². The third kappa shape index (κ3) is 5.73. The van der Waals surface area contributed by atoms with Crippen molar-refractivity contribution in [2.45, 2.75) is 11.3 Å². The maximum absolute atomic E-state index is 13.0. The zero-order valence-electron chi connectivity index (χ0n) is 18.3. The van der Waals surface area contributed by atoms with Gasteiger partial charge in [0.15, 0.2) is 0 Å². The average Bonchev–Trinajstić information content (AvgIpc) is 3.27. The number of carbonyl (C=O) groups is 2. The Kier molecular flexibility index (Phi) is 7.27. The number of hydrogen-bond donors (Lipinski definition) is 3. The highest BCUT2D eigenvalue weighted by Gasteiger charge is 2.15. The van der Waals surface area contributed by atoms with Gasteiger partial charge < -0.3 is 15.6 Å². The molecule has 4 rings (SSSR count). The summed E-state index contributed by atoms with van der Waals surface area (Å²) in [6.45, 7) is 0.449. The van der Waals surface area contributed by atoms with E-state index in [0.717, 1.165) is 26.9 Å². The molecule has 1 heterocycles. The number of carbonyl (C=O) groups excluding carboxylic acids is 2. The highest BCUT2D eigenvalue weighted by molar-refractivity contribution is 7.98. The molecule has 166 valence electrons. The van der Waals surface area contributed by atoms with Crippen LogP contribution in [0.3, 0.4) is 0 Å². The normalized spacial score (nSPS) is 11.4. The smallest absolute Gasteiger partial charge is 0.267 e. The van der Waals surface area contributed by atoms with Crippen LogP contribution in [0.4, 0.5) is 0 Å². The van der Waals surface area contributed by atoms with E-state index in [2.05, 4.69) is 21.7 Å². The first-order chi connectivity index (χ1) is 16.1. The van der Waals surface area contributed by atoms with Crippen LogP contribution in [0.25, 0.3) is 17.0 Å². The van der Waals surface area contributed by atoms with E-state index in [0.29, 0.717) is 18.5 Å². The molecule has 0 unspecified atom stereocenters. The van der Waals surface area contributed by atoms with E-state index in [9.17, 15) is 9.59 Å². The minimum atomic E-state index is -0.326. The van der Waals surface area contributed by atoms with Crippen LogP contribution in [0.15, 0.2) is 95.7 Å². The molecule has 6 heteroatoms. The fraction of sp³-hybridized carbons (Fsp3) is 0.111. The Morgan fingerprint density at radius 3 is 2.42 bits per heavy atom. The quantitative estimate of drug-likeness (QED) is 0.258. The Balaban J connectivity index is 1.49. The molecule has 0 bridgehead atoms. The maximum Gasteiger partial charge on any atom is 0.267 e. The first kappa shape index (κ1) is 22.4. The molecule has 1 aromatic heterocycles. The van der Waals surface area contributed by atoms with Crippen molar-refractivity contribution in [3.8, 4) is 0 Å². The van der Waals surface area contributed by atoms with Gasteiger partial charge in [-0.25, -0.2) is 0 Å². The van der Waals surface area contributed by atoms with Crippen LogP contribution in [0.1, 0.15) is 21.5 Å². The van der Waals surface area contributed by atoms with Gasteiger partial charge in [-0.1, -0.05) is 48.5 Å². The Morgan fingerprint density at radius 2 is 1.67 bits per heavy atom. The van der Waals surface area contributed by atoms with E-state index in [-0.39, 0.29) is 17.5 Å². The van der Waals surface area contributed by atoms with E-state index in [1.54, 1.807) is 42.1 Å². The molecule has 0 radical (unpaired) electrons. The summed E-state index contributed by atoms with van der Waals surface area (Å²) >= 11 is 1.65. The third-order valence-corrected chi connectivity index (χ3v) is 6.05. The summed E-state index contributed by atoms with van der Waals surface area (Å²) in [4.78, 5) is 30.1. The molecule has 0 spiro atoms. The fourth-order valence-corrected chi connectivity index (χ4v) is 3.96. The van der Waals surface area contributed by atoms with E-state index in [4.69, 9.17) is 0 Å². The predicted molar refractivity (Wildman–Crippen MR) is 135 cm³/mol. The van der Waals surface area contributed by atoms with E-state index in [1.165, 1.54) is 0 Å². The van der Waals surface area contributed by atoms with Gasteiger partial charge in [0, 0.05) is 34.1 Å². The van der Waals surface area contributed by atoms with E-state index >= 15 is 0 Å². The summed E-state index contributed by atoms with van der Waals surface area (Å²) in [5.41, 5.74) is 3.75. The van der Waals surface area contributed by atoms with Crippen molar-refractivity contribution in [2.75, 3.05) is 12.8 Å². The molecule has 0 aliphatic carbocycles. The largest absolute Gasteiger partial charge is 0.361 e.